The molecule has 0 radical (unpaired) electrons. The molecular weight excluding hydrogens is 305 g/mol. The van der Waals surface area contributed by atoms with Crippen molar-refractivity contribution in [1.29, 1.82) is 0 Å². The fourth-order valence-corrected chi connectivity index (χ4v) is 3.29. The Morgan fingerprint density at radius 3 is 2.38 bits per heavy atom. The first-order valence-electron chi connectivity index (χ1n) is 8.83. The largest absolute Gasteiger partial charge is 0.379 e. The molecule has 0 bridgehead atoms. The monoisotopic (exact) mass is 335 g/mol. The van der Waals surface area contributed by atoms with E-state index in [1.165, 1.54) is 6.07 Å². The zero-order valence-electron chi connectivity index (χ0n) is 15.4. The third-order valence-electron chi connectivity index (χ3n) is 5.04. The number of piperidine rings is 1. The van der Waals surface area contributed by atoms with Gasteiger partial charge in [-0.3, -0.25) is 0 Å². The lowest BCUT2D eigenvalue weighted by Gasteiger charge is -2.46. The van der Waals surface area contributed by atoms with Crippen molar-refractivity contribution in [2.45, 2.75) is 59.0 Å². The molecule has 2 N–H and O–H groups in total. The van der Waals surface area contributed by atoms with Gasteiger partial charge in [0.05, 0.1) is 0 Å². The minimum Gasteiger partial charge on any atom is -0.379 e. The number of likely N-dealkylation sites (tertiary alicyclic amines) is 1. The normalized spacial score (nSPS) is 17.2. The molecule has 1 aliphatic rings. The lowest BCUT2D eigenvalue weighted by Crippen LogP contribution is -2.55. The van der Waals surface area contributed by atoms with E-state index in [1.807, 2.05) is 25.7 Å². The summed E-state index contributed by atoms with van der Waals surface area (Å²) in [6, 6.07) is 5.00. The Kier molecular flexibility index (Phi) is 5.73. The van der Waals surface area contributed by atoms with Gasteiger partial charge in [-0.25, -0.2) is 9.18 Å². The molecule has 0 aliphatic carbocycles. The maximum absolute atomic E-state index is 13.6. The molecule has 1 aliphatic heterocycles. The molecule has 0 atom stereocenters. The number of rotatable bonds is 4. The molecule has 0 unspecified atom stereocenters. The highest BCUT2D eigenvalue weighted by atomic mass is 19.1. The third kappa shape index (κ3) is 4.19. The summed E-state index contributed by atoms with van der Waals surface area (Å²) in [5.74, 6) is 0.159. The Hall–Kier alpha value is -1.78. The summed E-state index contributed by atoms with van der Waals surface area (Å²) in [5.41, 5.74) is 1.77. The number of hydrogen-bond donors (Lipinski definition) is 2. The topological polar surface area (TPSA) is 44.4 Å². The molecule has 0 aromatic heterocycles. The molecule has 2 amide bonds. The predicted molar refractivity (Wildman–Crippen MR) is 96.8 cm³/mol. The summed E-state index contributed by atoms with van der Waals surface area (Å²) in [6.45, 7) is 11.7. The molecule has 0 saturated carbocycles. The number of benzene rings is 1. The van der Waals surface area contributed by atoms with Gasteiger partial charge in [-0.15, -0.1) is 0 Å². The number of anilines is 1. The second-order valence-corrected chi connectivity index (χ2v) is 7.49. The molecule has 134 valence electrons. The number of carbonyl (C=O) groups is 1. The number of amides is 2. The average molecular weight is 335 g/mol. The molecule has 2 rings (SSSR count). The Morgan fingerprint density at radius 1 is 1.21 bits per heavy atom. The molecule has 1 fully saturated rings. The fourth-order valence-electron chi connectivity index (χ4n) is 3.29. The van der Waals surface area contributed by atoms with Crippen molar-refractivity contribution in [3.05, 3.63) is 29.6 Å². The van der Waals surface area contributed by atoms with Crippen LogP contribution in [0.3, 0.4) is 0 Å². The lowest BCUT2D eigenvalue weighted by atomic mass is 9.77. The molecule has 5 heteroatoms. The zero-order chi connectivity index (χ0) is 17.9. The van der Waals surface area contributed by atoms with Crippen LogP contribution in [0, 0.1) is 18.7 Å². The highest BCUT2D eigenvalue weighted by molar-refractivity contribution is 5.74. The van der Waals surface area contributed by atoms with E-state index in [9.17, 15) is 9.18 Å². The van der Waals surface area contributed by atoms with Crippen LogP contribution in [-0.2, 0) is 0 Å². The van der Waals surface area contributed by atoms with Crippen LogP contribution in [0.25, 0.3) is 0 Å². The Bertz CT molecular complexity index is 578. The summed E-state index contributed by atoms with van der Waals surface area (Å²) >= 11 is 0. The molecule has 1 heterocycles. The molecule has 4 nitrogen and oxygen atoms in total. The van der Waals surface area contributed by atoms with Gasteiger partial charge < -0.3 is 15.5 Å². The number of halogens is 1. The van der Waals surface area contributed by atoms with E-state index in [2.05, 4.69) is 24.5 Å². The van der Waals surface area contributed by atoms with Crippen LogP contribution in [0.15, 0.2) is 18.2 Å². The van der Waals surface area contributed by atoms with Crippen molar-refractivity contribution in [2.24, 2.45) is 5.92 Å². The molecule has 1 aromatic rings. The van der Waals surface area contributed by atoms with Crippen molar-refractivity contribution < 1.29 is 9.18 Å². The maximum atomic E-state index is 13.6. The van der Waals surface area contributed by atoms with Crippen LogP contribution in [0.2, 0.25) is 0 Å². The van der Waals surface area contributed by atoms with Crippen LogP contribution in [0.1, 0.15) is 46.1 Å². The van der Waals surface area contributed by atoms with E-state index in [4.69, 9.17) is 0 Å². The molecule has 24 heavy (non-hydrogen) atoms. The van der Waals surface area contributed by atoms with Crippen molar-refractivity contribution in [1.82, 2.24) is 10.2 Å². The number of carbonyl (C=O) groups excluding carboxylic acids is 1. The third-order valence-corrected chi connectivity index (χ3v) is 5.04. The average Bonchev–Trinajstić information content (AvgIpc) is 2.50. The maximum Gasteiger partial charge on any atom is 0.317 e. The van der Waals surface area contributed by atoms with Gasteiger partial charge in [0, 0.05) is 30.4 Å². The van der Waals surface area contributed by atoms with Crippen LogP contribution in [0.4, 0.5) is 14.9 Å². The molecule has 1 aromatic carbocycles. The fraction of sp³-hybridized carbons (Fsp3) is 0.632. The van der Waals surface area contributed by atoms with E-state index < -0.39 is 0 Å². The van der Waals surface area contributed by atoms with E-state index in [-0.39, 0.29) is 23.4 Å². The quantitative estimate of drug-likeness (QED) is 0.868. The minimum absolute atomic E-state index is 0.00397. The van der Waals surface area contributed by atoms with E-state index in [0.717, 1.165) is 24.1 Å². The van der Waals surface area contributed by atoms with Crippen molar-refractivity contribution in [2.75, 3.05) is 18.4 Å². The van der Waals surface area contributed by atoms with E-state index in [0.29, 0.717) is 19.0 Å². The molecular formula is C19H30FN3O. The second-order valence-electron chi connectivity index (χ2n) is 7.49. The van der Waals surface area contributed by atoms with Crippen molar-refractivity contribution >= 4 is 11.7 Å². The van der Waals surface area contributed by atoms with Gasteiger partial charge >= 0.3 is 6.03 Å². The first-order valence-corrected chi connectivity index (χ1v) is 8.83. The highest BCUT2D eigenvalue weighted by Crippen LogP contribution is 2.34. The lowest BCUT2D eigenvalue weighted by molar-refractivity contribution is 0.146. The number of hydrogen-bond acceptors (Lipinski definition) is 2. The highest BCUT2D eigenvalue weighted by Gasteiger charge is 2.38. The smallest absolute Gasteiger partial charge is 0.317 e. The van der Waals surface area contributed by atoms with Crippen molar-refractivity contribution in [3.8, 4) is 0 Å². The van der Waals surface area contributed by atoms with Crippen LogP contribution < -0.4 is 10.6 Å². The van der Waals surface area contributed by atoms with E-state index in [1.54, 1.807) is 12.1 Å². The van der Waals surface area contributed by atoms with Crippen LogP contribution >= 0.6 is 0 Å². The van der Waals surface area contributed by atoms with Crippen molar-refractivity contribution in [3.63, 3.8) is 0 Å². The first-order chi connectivity index (χ1) is 11.2. The predicted octanol–water partition coefficient (Wildman–Crippen LogP) is 4.15. The summed E-state index contributed by atoms with van der Waals surface area (Å²) in [6.07, 6.45) is 1.71. The molecule has 1 saturated heterocycles. The summed E-state index contributed by atoms with van der Waals surface area (Å²) in [5, 5.41) is 6.56. The molecule has 0 spiro atoms. The SMILES string of the molecule is Cc1ccc(F)cc1NC1(C(C)C)CCN(C(=O)NC(C)C)CC1. The number of nitrogens with zero attached hydrogens (tertiary/aromatic N) is 1. The Labute approximate surface area is 144 Å². The van der Waals surface area contributed by atoms with Gasteiger partial charge in [0.1, 0.15) is 5.82 Å². The van der Waals surface area contributed by atoms with Gasteiger partial charge in [0.15, 0.2) is 0 Å². The van der Waals surface area contributed by atoms with Crippen LogP contribution in [0.5, 0.6) is 0 Å². The number of urea groups is 1. The van der Waals surface area contributed by atoms with Crippen LogP contribution in [-0.4, -0.2) is 35.6 Å². The van der Waals surface area contributed by atoms with Gasteiger partial charge in [-0.1, -0.05) is 19.9 Å². The number of nitrogens with one attached hydrogen (secondary N) is 2. The summed E-state index contributed by atoms with van der Waals surface area (Å²) in [4.78, 5) is 14.1. The Morgan fingerprint density at radius 2 is 1.83 bits per heavy atom. The standard InChI is InChI=1S/C19H30FN3O/c1-13(2)19(22-17-12-16(20)7-6-15(17)5)8-10-23(11-9-19)18(24)21-14(3)4/h6-7,12-14,22H,8-11H2,1-5H3,(H,21,24). The second kappa shape index (κ2) is 7.41. The first kappa shape index (κ1) is 18.6. The van der Waals surface area contributed by atoms with Gasteiger partial charge in [-0.05, 0) is 57.2 Å². The van der Waals surface area contributed by atoms with Gasteiger partial charge in [0.25, 0.3) is 0 Å². The van der Waals surface area contributed by atoms with E-state index >= 15 is 0 Å². The number of aryl methyl sites for hydroxylation is 1. The summed E-state index contributed by atoms with van der Waals surface area (Å²) in [7, 11) is 0. The zero-order valence-corrected chi connectivity index (χ0v) is 15.4. The van der Waals surface area contributed by atoms with Gasteiger partial charge in [0.2, 0.25) is 0 Å². The Balaban J connectivity index is 2.11. The van der Waals surface area contributed by atoms with Gasteiger partial charge in [-0.2, -0.15) is 0 Å². The summed E-state index contributed by atoms with van der Waals surface area (Å²) < 4.78 is 13.6. The minimum atomic E-state index is -0.226.